The van der Waals surface area contributed by atoms with E-state index >= 15 is 0 Å². The van der Waals surface area contributed by atoms with Gasteiger partial charge in [-0.25, -0.2) is 16.8 Å². The Morgan fingerprint density at radius 3 is 2.28 bits per heavy atom. The fraction of sp³-hybridized carbons (Fsp3) is 0.294. The summed E-state index contributed by atoms with van der Waals surface area (Å²) in [6.07, 6.45) is 0.923. The van der Waals surface area contributed by atoms with Crippen molar-refractivity contribution in [2.24, 2.45) is 0 Å². The molecule has 134 valence electrons. The van der Waals surface area contributed by atoms with Gasteiger partial charge in [-0.15, -0.1) is 0 Å². The highest BCUT2D eigenvalue weighted by molar-refractivity contribution is 7.92. The van der Waals surface area contributed by atoms with Crippen LogP contribution in [0, 0.1) is 0 Å². The largest absolute Gasteiger partial charge is 0.243 e. The molecule has 1 unspecified atom stereocenters. The van der Waals surface area contributed by atoms with Crippen LogP contribution in [0.15, 0.2) is 64.4 Å². The van der Waals surface area contributed by atoms with Crippen LogP contribution in [0.5, 0.6) is 0 Å². The van der Waals surface area contributed by atoms with Crippen molar-refractivity contribution in [3.63, 3.8) is 0 Å². The summed E-state index contributed by atoms with van der Waals surface area (Å²) in [5.41, 5.74) is 0. The van der Waals surface area contributed by atoms with Crippen LogP contribution in [0.3, 0.4) is 0 Å². The van der Waals surface area contributed by atoms with Gasteiger partial charge in [-0.05, 0) is 43.2 Å². The second-order valence-electron chi connectivity index (χ2n) is 5.94. The van der Waals surface area contributed by atoms with Gasteiger partial charge in [0.1, 0.15) is 0 Å². The first-order valence-corrected chi connectivity index (χ1v) is 11.2. The monoisotopic (exact) mass is 399 g/mol. The van der Waals surface area contributed by atoms with E-state index in [9.17, 15) is 16.8 Å². The number of halogens is 1. The Kier molecular flexibility index (Phi) is 5.20. The molecule has 0 amide bonds. The van der Waals surface area contributed by atoms with Crippen LogP contribution < -0.4 is 0 Å². The second kappa shape index (κ2) is 7.07. The van der Waals surface area contributed by atoms with Gasteiger partial charge in [0.25, 0.3) is 0 Å². The van der Waals surface area contributed by atoms with E-state index in [4.69, 9.17) is 11.6 Å². The van der Waals surface area contributed by atoms with Crippen molar-refractivity contribution in [2.75, 3.05) is 13.1 Å². The molecule has 1 atom stereocenters. The number of nitrogens with zero attached hydrogens (tertiary/aromatic N) is 1. The molecule has 0 aliphatic carbocycles. The molecule has 25 heavy (non-hydrogen) atoms. The summed E-state index contributed by atoms with van der Waals surface area (Å²) < 4.78 is 52.5. The quantitative estimate of drug-likeness (QED) is 0.792. The van der Waals surface area contributed by atoms with Crippen molar-refractivity contribution in [3.05, 3.63) is 59.6 Å². The van der Waals surface area contributed by atoms with E-state index in [-0.39, 0.29) is 16.3 Å². The number of hydrogen-bond donors (Lipinski definition) is 0. The molecule has 5 nitrogen and oxygen atoms in total. The third kappa shape index (κ3) is 3.74. The first-order chi connectivity index (χ1) is 11.8. The molecule has 1 aliphatic heterocycles. The molecule has 2 aromatic rings. The van der Waals surface area contributed by atoms with Gasteiger partial charge in [-0.3, -0.25) is 0 Å². The fourth-order valence-electron chi connectivity index (χ4n) is 2.95. The summed E-state index contributed by atoms with van der Waals surface area (Å²) in [6, 6.07) is 14.2. The lowest BCUT2D eigenvalue weighted by atomic mass is 10.2. The predicted molar refractivity (Wildman–Crippen MR) is 96.9 cm³/mol. The second-order valence-corrected chi connectivity index (χ2v) is 10.5. The Labute approximate surface area is 153 Å². The van der Waals surface area contributed by atoms with Gasteiger partial charge in [0.15, 0.2) is 9.84 Å². The third-order valence-electron chi connectivity index (χ3n) is 4.29. The van der Waals surface area contributed by atoms with Crippen LogP contribution in [0.2, 0.25) is 5.02 Å². The van der Waals surface area contributed by atoms with Crippen LogP contribution in [0.4, 0.5) is 0 Å². The molecule has 1 heterocycles. The minimum Gasteiger partial charge on any atom is -0.223 e. The maximum atomic E-state index is 12.9. The van der Waals surface area contributed by atoms with E-state index in [1.54, 1.807) is 30.3 Å². The zero-order valence-electron chi connectivity index (χ0n) is 13.4. The lowest BCUT2D eigenvalue weighted by Gasteiger charge is -2.31. The summed E-state index contributed by atoms with van der Waals surface area (Å²) in [4.78, 5) is 0.305. The van der Waals surface area contributed by atoms with Gasteiger partial charge < -0.3 is 0 Å². The Hall–Kier alpha value is -1.41. The van der Waals surface area contributed by atoms with Gasteiger partial charge in [0, 0.05) is 18.1 Å². The summed E-state index contributed by atoms with van der Waals surface area (Å²) in [5, 5.41) is -0.441. The Morgan fingerprint density at radius 1 is 0.920 bits per heavy atom. The summed E-state index contributed by atoms with van der Waals surface area (Å²) in [5.74, 6) is 0. The molecule has 0 spiro atoms. The SMILES string of the molecule is O=S(=O)(c1cccc(Cl)c1)C1CCCN(S(=O)(=O)c2ccccc2)C1. The first kappa shape index (κ1) is 18.4. The Morgan fingerprint density at radius 2 is 1.60 bits per heavy atom. The van der Waals surface area contributed by atoms with Gasteiger partial charge in [-0.2, -0.15) is 4.31 Å². The molecule has 0 N–H and O–H groups in total. The molecule has 0 bridgehead atoms. The highest BCUT2D eigenvalue weighted by atomic mass is 35.5. The number of sulfone groups is 1. The van der Waals surface area contributed by atoms with Gasteiger partial charge >= 0.3 is 0 Å². The lowest BCUT2D eigenvalue weighted by Crippen LogP contribution is -2.45. The summed E-state index contributed by atoms with van der Waals surface area (Å²) in [7, 11) is -7.35. The summed E-state index contributed by atoms with van der Waals surface area (Å²) >= 11 is 5.90. The maximum Gasteiger partial charge on any atom is 0.243 e. The van der Waals surface area contributed by atoms with Crippen molar-refractivity contribution in [2.45, 2.75) is 27.9 Å². The van der Waals surface area contributed by atoms with E-state index in [0.29, 0.717) is 24.4 Å². The average Bonchev–Trinajstić information content (AvgIpc) is 2.62. The van der Waals surface area contributed by atoms with E-state index < -0.39 is 25.1 Å². The zero-order valence-corrected chi connectivity index (χ0v) is 15.8. The smallest absolute Gasteiger partial charge is 0.223 e. The molecule has 1 saturated heterocycles. The van der Waals surface area contributed by atoms with Crippen molar-refractivity contribution < 1.29 is 16.8 Å². The van der Waals surface area contributed by atoms with E-state index in [1.165, 1.54) is 28.6 Å². The van der Waals surface area contributed by atoms with Crippen molar-refractivity contribution in [1.82, 2.24) is 4.31 Å². The first-order valence-electron chi connectivity index (χ1n) is 7.86. The molecule has 0 aromatic heterocycles. The number of hydrogen-bond acceptors (Lipinski definition) is 4. The molecule has 8 heteroatoms. The van der Waals surface area contributed by atoms with Crippen LogP contribution >= 0.6 is 11.6 Å². The Bertz CT molecular complexity index is 959. The summed E-state index contributed by atoms with van der Waals surface area (Å²) in [6.45, 7) is 0.269. The van der Waals surface area contributed by atoms with Crippen molar-refractivity contribution in [3.8, 4) is 0 Å². The molecular weight excluding hydrogens is 382 g/mol. The molecular formula is C17H18ClNO4S2. The number of piperidine rings is 1. The number of sulfonamides is 1. The maximum absolute atomic E-state index is 12.9. The molecule has 3 rings (SSSR count). The van der Waals surface area contributed by atoms with Gasteiger partial charge in [0.2, 0.25) is 10.0 Å². The van der Waals surface area contributed by atoms with Crippen molar-refractivity contribution >= 4 is 31.5 Å². The Balaban J connectivity index is 1.89. The molecule has 1 aliphatic rings. The van der Waals surface area contributed by atoms with Crippen LogP contribution in [-0.4, -0.2) is 39.5 Å². The number of rotatable bonds is 4. The van der Waals surface area contributed by atoms with Crippen LogP contribution in [-0.2, 0) is 19.9 Å². The highest BCUT2D eigenvalue weighted by Crippen LogP contribution is 2.28. The van der Waals surface area contributed by atoms with Crippen LogP contribution in [0.25, 0.3) is 0 Å². The number of benzene rings is 2. The average molecular weight is 400 g/mol. The van der Waals surface area contributed by atoms with Gasteiger partial charge in [0.05, 0.1) is 15.0 Å². The fourth-order valence-corrected chi connectivity index (χ4v) is 6.65. The van der Waals surface area contributed by atoms with E-state index in [2.05, 4.69) is 0 Å². The third-order valence-corrected chi connectivity index (χ3v) is 8.57. The highest BCUT2D eigenvalue weighted by Gasteiger charge is 2.37. The van der Waals surface area contributed by atoms with E-state index in [1.807, 2.05) is 0 Å². The van der Waals surface area contributed by atoms with E-state index in [0.717, 1.165) is 0 Å². The standard InChI is InChI=1S/C17H18ClNO4S2/c18-14-6-4-9-16(12-14)24(20,21)17-10-5-11-19(13-17)25(22,23)15-7-2-1-3-8-15/h1-4,6-9,12,17H,5,10-11,13H2. The van der Waals surface area contributed by atoms with Gasteiger partial charge in [-0.1, -0.05) is 35.9 Å². The lowest BCUT2D eigenvalue weighted by molar-refractivity contribution is 0.346. The topological polar surface area (TPSA) is 71.5 Å². The molecule has 1 fully saturated rings. The van der Waals surface area contributed by atoms with Crippen LogP contribution in [0.1, 0.15) is 12.8 Å². The molecule has 2 aromatic carbocycles. The predicted octanol–water partition coefficient (Wildman–Crippen LogP) is 2.97. The molecule has 0 radical (unpaired) electrons. The normalized spacial score (nSPS) is 19.6. The van der Waals surface area contributed by atoms with Crippen molar-refractivity contribution in [1.29, 1.82) is 0 Å². The zero-order chi connectivity index (χ0) is 18.1. The minimum atomic E-state index is -3.70. The minimum absolute atomic E-state index is 0.0495. The molecule has 0 saturated carbocycles.